The zero-order valence-corrected chi connectivity index (χ0v) is 17.3. The summed E-state index contributed by atoms with van der Waals surface area (Å²) in [5.74, 6) is 0.332. The Morgan fingerprint density at radius 3 is 2.69 bits per heavy atom. The number of thioether (sulfide) groups is 1. The number of nitrogens with one attached hydrogen (secondary N) is 2. The maximum Gasteiger partial charge on any atom is 0.240 e. The highest BCUT2D eigenvalue weighted by Crippen LogP contribution is 2.38. The molecule has 3 aromatic rings. The minimum absolute atomic E-state index is 0.141. The van der Waals surface area contributed by atoms with Crippen molar-refractivity contribution in [3.8, 4) is 0 Å². The molecule has 2 N–H and O–H groups in total. The van der Waals surface area contributed by atoms with Crippen LogP contribution in [-0.2, 0) is 11.2 Å². The summed E-state index contributed by atoms with van der Waals surface area (Å²) in [6, 6.07) is 11.7. The SMILES string of the molecule is CCc1nnc2n1N[C@H](c1ccc(F)cc1)[C@H](C(=O)Nc1cccc(C)c1C)S2. The zero-order valence-electron chi connectivity index (χ0n) is 16.4. The van der Waals surface area contributed by atoms with Crippen molar-refractivity contribution in [1.82, 2.24) is 14.9 Å². The molecule has 2 aromatic carbocycles. The lowest BCUT2D eigenvalue weighted by Crippen LogP contribution is -2.41. The molecule has 0 bridgehead atoms. The van der Waals surface area contributed by atoms with Gasteiger partial charge in [-0.15, -0.1) is 10.2 Å². The van der Waals surface area contributed by atoms with Gasteiger partial charge in [-0.1, -0.05) is 43.0 Å². The van der Waals surface area contributed by atoms with Crippen LogP contribution in [0.3, 0.4) is 0 Å². The number of aryl methyl sites for hydroxylation is 2. The van der Waals surface area contributed by atoms with Crippen molar-refractivity contribution in [2.75, 3.05) is 10.7 Å². The van der Waals surface area contributed by atoms with Crippen LogP contribution in [0.15, 0.2) is 47.6 Å². The van der Waals surface area contributed by atoms with Gasteiger partial charge in [0.1, 0.15) is 11.1 Å². The van der Waals surface area contributed by atoms with Gasteiger partial charge in [0.15, 0.2) is 5.82 Å². The van der Waals surface area contributed by atoms with Crippen LogP contribution in [0.4, 0.5) is 10.1 Å². The molecule has 6 nitrogen and oxygen atoms in total. The lowest BCUT2D eigenvalue weighted by molar-refractivity contribution is -0.116. The molecule has 0 radical (unpaired) electrons. The molecular formula is C21H22FN5OS. The standard InChI is InChI=1S/C21H22FN5OS/c1-4-17-24-25-21-27(17)26-18(14-8-10-15(22)11-9-14)19(29-21)20(28)23-16-7-5-6-12(2)13(16)3/h5-11,18-19,26H,4H2,1-3H3,(H,23,28)/t18-,19-/m1/s1. The summed E-state index contributed by atoms with van der Waals surface area (Å²) < 4.78 is 15.3. The molecule has 29 heavy (non-hydrogen) atoms. The Bertz CT molecular complexity index is 1050. The number of carbonyl (C=O) groups is 1. The van der Waals surface area contributed by atoms with Gasteiger partial charge in [-0.05, 0) is 48.7 Å². The van der Waals surface area contributed by atoms with Crippen molar-refractivity contribution in [3.63, 3.8) is 0 Å². The van der Waals surface area contributed by atoms with Crippen molar-refractivity contribution in [1.29, 1.82) is 0 Å². The Morgan fingerprint density at radius 2 is 1.97 bits per heavy atom. The fourth-order valence-corrected chi connectivity index (χ4v) is 4.44. The summed E-state index contributed by atoms with van der Waals surface area (Å²) in [5.41, 5.74) is 7.11. The highest BCUT2D eigenvalue weighted by molar-refractivity contribution is 8.00. The molecule has 2 heterocycles. The Balaban J connectivity index is 1.69. The monoisotopic (exact) mass is 411 g/mol. The molecular weight excluding hydrogens is 389 g/mol. The first-order valence-corrected chi connectivity index (χ1v) is 10.4. The molecule has 0 saturated carbocycles. The third-order valence-corrected chi connectivity index (χ3v) is 6.39. The normalized spacial score (nSPS) is 18.1. The van der Waals surface area contributed by atoms with Gasteiger partial charge in [0, 0.05) is 12.1 Å². The van der Waals surface area contributed by atoms with Crippen LogP contribution in [0.2, 0.25) is 0 Å². The van der Waals surface area contributed by atoms with Crippen LogP contribution in [0, 0.1) is 19.7 Å². The van der Waals surface area contributed by atoms with Gasteiger partial charge in [-0.25, -0.2) is 9.07 Å². The quantitative estimate of drug-likeness (QED) is 0.679. The molecule has 1 amide bonds. The molecule has 1 aliphatic rings. The summed E-state index contributed by atoms with van der Waals surface area (Å²) in [6.07, 6.45) is 0.704. The van der Waals surface area contributed by atoms with Gasteiger partial charge in [-0.2, -0.15) is 0 Å². The molecule has 0 unspecified atom stereocenters. The fourth-order valence-electron chi connectivity index (χ4n) is 3.34. The molecule has 1 aliphatic heterocycles. The lowest BCUT2D eigenvalue weighted by atomic mass is 10.0. The molecule has 0 fully saturated rings. The number of carbonyl (C=O) groups excluding carboxylic acids is 1. The molecule has 0 saturated heterocycles. The van der Waals surface area contributed by atoms with Crippen molar-refractivity contribution in [3.05, 3.63) is 70.8 Å². The van der Waals surface area contributed by atoms with E-state index in [0.29, 0.717) is 11.6 Å². The molecule has 1 aromatic heterocycles. The fraction of sp³-hybridized carbons (Fsp3) is 0.286. The van der Waals surface area contributed by atoms with Crippen molar-refractivity contribution in [2.24, 2.45) is 0 Å². The smallest absolute Gasteiger partial charge is 0.240 e. The Labute approximate surface area is 172 Å². The molecule has 4 rings (SSSR count). The second kappa shape index (κ2) is 7.87. The number of anilines is 1. The number of nitrogens with zero attached hydrogens (tertiary/aromatic N) is 3. The van der Waals surface area contributed by atoms with E-state index >= 15 is 0 Å². The van der Waals surface area contributed by atoms with Gasteiger partial charge in [0.05, 0.1) is 6.04 Å². The average Bonchev–Trinajstić information content (AvgIpc) is 3.13. The van der Waals surface area contributed by atoms with E-state index in [1.807, 2.05) is 43.6 Å². The third-order valence-electron chi connectivity index (χ3n) is 5.17. The second-order valence-electron chi connectivity index (χ2n) is 7.02. The highest BCUT2D eigenvalue weighted by Gasteiger charge is 2.37. The van der Waals surface area contributed by atoms with Crippen LogP contribution >= 0.6 is 11.8 Å². The first-order chi connectivity index (χ1) is 14.0. The average molecular weight is 412 g/mol. The third kappa shape index (κ3) is 3.72. The maximum atomic E-state index is 13.5. The van der Waals surface area contributed by atoms with Crippen LogP contribution in [-0.4, -0.2) is 26.0 Å². The summed E-state index contributed by atoms with van der Waals surface area (Å²) in [7, 11) is 0. The Morgan fingerprint density at radius 1 is 1.21 bits per heavy atom. The summed E-state index contributed by atoms with van der Waals surface area (Å²) >= 11 is 1.36. The summed E-state index contributed by atoms with van der Waals surface area (Å²) in [6.45, 7) is 5.99. The molecule has 0 spiro atoms. The second-order valence-corrected chi connectivity index (χ2v) is 8.13. The first-order valence-electron chi connectivity index (χ1n) is 9.48. The highest BCUT2D eigenvalue weighted by atomic mass is 32.2. The van der Waals surface area contributed by atoms with Crippen LogP contribution in [0.25, 0.3) is 0 Å². The molecule has 2 atom stereocenters. The number of fused-ring (bicyclic) bond motifs is 1. The predicted octanol–water partition coefficient (Wildman–Crippen LogP) is 3.99. The van der Waals surface area contributed by atoms with E-state index < -0.39 is 5.25 Å². The van der Waals surface area contributed by atoms with E-state index in [2.05, 4.69) is 20.9 Å². The largest absolute Gasteiger partial charge is 0.325 e. The molecule has 0 aliphatic carbocycles. The van der Waals surface area contributed by atoms with Gasteiger partial charge < -0.3 is 10.7 Å². The molecule has 8 heteroatoms. The molecule has 150 valence electrons. The number of rotatable bonds is 4. The van der Waals surface area contributed by atoms with E-state index in [1.165, 1.54) is 23.9 Å². The van der Waals surface area contributed by atoms with Crippen molar-refractivity contribution >= 4 is 23.4 Å². The van der Waals surface area contributed by atoms with Gasteiger partial charge in [-0.3, -0.25) is 4.79 Å². The maximum absolute atomic E-state index is 13.5. The van der Waals surface area contributed by atoms with E-state index in [1.54, 1.807) is 12.1 Å². The van der Waals surface area contributed by atoms with Crippen LogP contribution < -0.4 is 10.7 Å². The minimum atomic E-state index is -0.498. The van der Waals surface area contributed by atoms with E-state index in [4.69, 9.17) is 0 Å². The first kappa shape index (κ1) is 19.4. The van der Waals surface area contributed by atoms with Crippen LogP contribution in [0.5, 0.6) is 0 Å². The van der Waals surface area contributed by atoms with Crippen LogP contribution in [0.1, 0.15) is 35.5 Å². The van der Waals surface area contributed by atoms with Gasteiger partial charge in [0.25, 0.3) is 0 Å². The zero-order chi connectivity index (χ0) is 20.5. The van der Waals surface area contributed by atoms with E-state index in [9.17, 15) is 9.18 Å². The number of benzene rings is 2. The number of halogens is 1. The Kier molecular flexibility index (Phi) is 5.27. The van der Waals surface area contributed by atoms with Gasteiger partial charge in [0.2, 0.25) is 11.1 Å². The van der Waals surface area contributed by atoms with Crippen molar-refractivity contribution in [2.45, 2.75) is 43.6 Å². The predicted molar refractivity (Wildman–Crippen MR) is 112 cm³/mol. The van der Waals surface area contributed by atoms with Gasteiger partial charge >= 0.3 is 0 Å². The van der Waals surface area contributed by atoms with E-state index in [0.717, 1.165) is 28.2 Å². The minimum Gasteiger partial charge on any atom is -0.325 e. The summed E-state index contributed by atoms with van der Waals surface area (Å²) in [4.78, 5) is 13.3. The van der Waals surface area contributed by atoms with Crippen molar-refractivity contribution < 1.29 is 9.18 Å². The number of amides is 1. The number of hydrogen-bond acceptors (Lipinski definition) is 5. The van der Waals surface area contributed by atoms with E-state index in [-0.39, 0.29) is 17.8 Å². The Hall–Kier alpha value is -2.87. The summed E-state index contributed by atoms with van der Waals surface area (Å²) in [5, 5.41) is 11.6. The lowest BCUT2D eigenvalue weighted by Gasteiger charge is -2.33. The number of hydrogen-bond donors (Lipinski definition) is 2. The number of aromatic nitrogens is 3. The topological polar surface area (TPSA) is 71.8 Å².